The van der Waals surface area contributed by atoms with E-state index in [9.17, 15) is 4.79 Å². The summed E-state index contributed by atoms with van der Waals surface area (Å²) in [5, 5.41) is 7.20. The lowest BCUT2D eigenvalue weighted by Crippen LogP contribution is -2.10. The van der Waals surface area contributed by atoms with Gasteiger partial charge in [0.25, 0.3) is 5.56 Å². The van der Waals surface area contributed by atoms with Crippen molar-refractivity contribution in [3.05, 3.63) is 58.1 Å². The maximum Gasteiger partial charge on any atom is 0.272 e. The maximum atomic E-state index is 11.8. The van der Waals surface area contributed by atoms with Crippen LogP contribution in [-0.2, 0) is 0 Å². The van der Waals surface area contributed by atoms with Gasteiger partial charge in [-0.15, -0.1) is 0 Å². The second-order valence-electron chi connectivity index (χ2n) is 3.81. The lowest BCUT2D eigenvalue weighted by Gasteiger charge is -2.05. The van der Waals surface area contributed by atoms with Crippen molar-refractivity contribution in [1.29, 1.82) is 0 Å². The number of H-pyrrole nitrogens is 1. The lowest BCUT2D eigenvalue weighted by atomic mass is 10.0. The molecule has 3 aromatic rings. The molecule has 0 radical (unpaired) electrons. The summed E-state index contributed by atoms with van der Waals surface area (Å²) in [5.41, 5.74) is 1.86. The molecule has 0 amide bonds. The summed E-state index contributed by atoms with van der Waals surface area (Å²) in [6.07, 6.45) is 1.72. The van der Waals surface area contributed by atoms with E-state index >= 15 is 0 Å². The van der Waals surface area contributed by atoms with Gasteiger partial charge in [-0.25, -0.2) is 5.10 Å². The second-order valence-corrected chi connectivity index (χ2v) is 4.20. The minimum Gasteiger partial charge on any atom is -0.267 e. The molecule has 0 atom stereocenters. The van der Waals surface area contributed by atoms with Gasteiger partial charge in [0.2, 0.25) is 0 Å². The van der Waals surface area contributed by atoms with E-state index in [1.54, 1.807) is 12.3 Å². The molecular formula is C13H8ClN3O. The molecule has 88 valence electrons. The summed E-state index contributed by atoms with van der Waals surface area (Å²) in [4.78, 5) is 16.1. The quantitative estimate of drug-likeness (QED) is 0.729. The molecule has 5 heteroatoms. The zero-order valence-electron chi connectivity index (χ0n) is 9.22. The Bertz CT molecular complexity index is 777. The largest absolute Gasteiger partial charge is 0.272 e. The molecule has 0 fully saturated rings. The van der Waals surface area contributed by atoms with Gasteiger partial charge < -0.3 is 0 Å². The maximum absolute atomic E-state index is 11.8. The van der Waals surface area contributed by atoms with Gasteiger partial charge in [-0.05, 0) is 23.8 Å². The Morgan fingerprint density at radius 3 is 2.89 bits per heavy atom. The average Bonchev–Trinajstić information content (AvgIpc) is 2.41. The van der Waals surface area contributed by atoms with E-state index in [4.69, 9.17) is 11.6 Å². The number of hydrogen-bond acceptors (Lipinski definition) is 3. The number of nitrogens with zero attached hydrogens (tertiary/aromatic N) is 2. The fraction of sp³-hybridized carbons (Fsp3) is 0. The molecule has 4 nitrogen and oxygen atoms in total. The van der Waals surface area contributed by atoms with Crippen LogP contribution in [0.1, 0.15) is 0 Å². The first-order valence-corrected chi connectivity index (χ1v) is 5.73. The van der Waals surface area contributed by atoms with E-state index in [0.717, 1.165) is 16.5 Å². The predicted octanol–water partition coefficient (Wildman–Crippen LogP) is 2.64. The van der Waals surface area contributed by atoms with E-state index in [1.165, 1.54) is 0 Å². The predicted molar refractivity (Wildman–Crippen MR) is 70.6 cm³/mol. The summed E-state index contributed by atoms with van der Waals surface area (Å²) < 4.78 is 0. The van der Waals surface area contributed by atoms with Crippen LogP contribution in [0.3, 0.4) is 0 Å². The standard InChI is InChI=1S/C13H8ClN3O/c14-12-7-10(13(18)17-16-12)8-3-1-5-11-9(8)4-2-6-15-11/h1-7H,(H,17,18). The van der Waals surface area contributed by atoms with Crippen molar-refractivity contribution in [3.8, 4) is 11.1 Å². The van der Waals surface area contributed by atoms with E-state index in [2.05, 4.69) is 15.2 Å². The van der Waals surface area contributed by atoms with Crippen molar-refractivity contribution in [1.82, 2.24) is 15.2 Å². The highest BCUT2D eigenvalue weighted by molar-refractivity contribution is 6.29. The molecule has 3 rings (SSSR count). The van der Waals surface area contributed by atoms with Gasteiger partial charge in [-0.2, -0.15) is 5.10 Å². The molecule has 0 unspecified atom stereocenters. The van der Waals surface area contributed by atoms with Crippen molar-refractivity contribution >= 4 is 22.5 Å². The molecule has 2 aromatic heterocycles. The number of halogens is 1. The summed E-state index contributed by atoms with van der Waals surface area (Å²) in [6.45, 7) is 0. The van der Waals surface area contributed by atoms with Crippen LogP contribution in [0.5, 0.6) is 0 Å². The van der Waals surface area contributed by atoms with E-state index < -0.39 is 0 Å². The number of benzene rings is 1. The molecule has 0 aliphatic heterocycles. The van der Waals surface area contributed by atoms with Crippen LogP contribution in [0.4, 0.5) is 0 Å². The molecular weight excluding hydrogens is 250 g/mol. The van der Waals surface area contributed by atoms with Gasteiger partial charge in [0.1, 0.15) is 5.15 Å². The van der Waals surface area contributed by atoms with Gasteiger partial charge in [0, 0.05) is 11.6 Å². The van der Waals surface area contributed by atoms with Crippen molar-refractivity contribution in [2.24, 2.45) is 0 Å². The molecule has 0 aliphatic rings. The highest BCUT2D eigenvalue weighted by atomic mass is 35.5. The van der Waals surface area contributed by atoms with Crippen LogP contribution in [-0.4, -0.2) is 15.2 Å². The molecule has 2 heterocycles. The number of aromatic nitrogens is 3. The molecule has 0 aliphatic carbocycles. The summed E-state index contributed by atoms with van der Waals surface area (Å²) >= 11 is 5.82. The van der Waals surface area contributed by atoms with Gasteiger partial charge in [-0.1, -0.05) is 29.8 Å². The van der Waals surface area contributed by atoms with E-state index in [0.29, 0.717) is 5.56 Å². The monoisotopic (exact) mass is 257 g/mol. The SMILES string of the molecule is O=c1[nH]nc(Cl)cc1-c1cccc2ncccc12. The third kappa shape index (κ3) is 1.76. The minimum absolute atomic E-state index is 0.255. The molecule has 1 N–H and O–H groups in total. The Balaban J connectivity index is 2.38. The lowest BCUT2D eigenvalue weighted by molar-refractivity contribution is 0.992. The highest BCUT2D eigenvalue weighted by Crippen LogP contribution is 2.25. The number of fused-ring (bicyclic) bond motifs is 1. The molecule has 1 aromatic carbocycles. The number of nitrogens with one attached hydrogen (secondary N) is 1. The fourth-order valence-corrected chi connectivity index (χ4v) is 2.07. The minimum atomic E-state index is -0.268. The Morgan fingerprint density at radius 1 is 1.11 bits per heavy atom. The molecule has 0 bridgehead atoms. The van der Waals surface area contributed by atoms with Gasteiger partial charge in [0.15, 0.2) is 0 Å². The Labute approximate surface area is 107 Å². The molecule has 18 heavy (non-hydrogen) atoms. The molecule has 0 spiro atoms. The smallest absolute Gasteiger partial charge is 0.267 e. The topological polar surface area (TPSA) is 58.6 Å². The first-order chi connectivity index (χ1) is 8.75. The molecule has 0 saturated carbocycles. The van der Waals surface area contributed by atoms with Crippen LogP contribution in [0.2, 0.25) is 5.15 Å². The van der Waals surface area contributed by atoms with Crippen molar-refractivity contribution in [3.63, 3.8) is 0 Å². The average molecular weight is 258 g/mol. The van der Waals surface area contributed by atoms with Crippen LogP contribution >= 0.6 is 11.6 Å². The van der Waals surface area contributed by atoms with E-state index in [-0.39, 0.29) is 10.7 Å². The third-order valence-corrected chi connectivity index (χ3v) is 2.90. The van der Waals surface area contributed by atoms with Crippen molar-refractivity contribution in [2.45, 2.75) is 0 Å². The zero-order chi connectivity index (χ0) is 12.5. The van der Waals surface area contributed by atoms with Crippen molar-refractivity contribution < 1.29 is 0 Å². The summed E-state index contributed by atoms with van der Waals surface area (Å²) in [6, 6.07) is 10.9. The Hall–Kier alpha value is -2.20. The van der Waals surface area contributed by atoms with Gasteiger partial charge in [-0.3, -0.25) is 9.78 Å². The second kappa shape index (κ2) is 4.23. The first kappa shape index (κ1) is 10.9. The number of pyridine rings is 1. The number of rotatable bonds is 1. The normalized spacial score (nSPS) is 10.7. The van der Waals surface area contributed by atoms with Crippen LogP contribution in [0, 0.1) is 0 Å². The molecule has 0 saturated heterocycles. The van der Waals surface area contributed by atoms with Crippen LogP contribution < -0.4 is 5.56 Å². The van der Waals surface area contributed by atoms with Crippen molar-refractivity contribution in [2.75, 3.05) is 0 Å². The van der Waals surface area contributed by atoms with Crippen LogP contribution in [0.15, 0.2) is 47.4 Å². The summed E-state index contributed by atoms with van der Waals surface area (Å²) in [5.74, 6) is 0. The number of hydrogen-bond donors (Lipinski definition) is 1. The fourth-order valence-electron chi connectivity index (χ4n) is 1.92. The van der Waals surface area contributed by atoms with Gasteiger partial charge >= 0.3 is 0 Å². The highest BCUT2D eigenvalue weighted by Gasteiger charge is 2.08. The summed E-state index contributed by atoms with van der Waals surface area (Å²) in [7, 11) is 0. The first-order valence-electron chi connectivity index (χ1n) is 5.35. The van der Waals surface area contributed by atoms with Crippen LogP contribution in [0.25, 0.3) is 22.0 Å². The van der Waals surface area contributed by atoms with E-state index in [1.807, 2.05) is 30.3 Å². The zero-order valence-corrected chi connectivity index (χ0v) is 9.98. The Morgan fingerprint density at radius 2 is 2.00 bits per heavy atom. The third-order valence-electron chi connectivity index (χ3n) is 2.71. The van der Waals surface area contributed by atoms with Gasteiger partial charge in [0.05, 0.1) is 11.1 Å². The Kier molecular flexibility index (Phi) is 2.57. The number of aromatic amines is 1.